The molecule has 1 spiro atoms. The molecule has 3 aliphatic heterocycles. The molecule has 0 bridgehead atoms. The van der Waals surface area contributed by atoms with Crippen molar-refractivity contribution in [3.63, 3.8) is 0 Å². The minimum Gasteiger partial charge on any atom is -0.492 e. The molecule has 1 amide bonds. The Morgan fingerprint density at radius 1 is 0.961 bits per heavy atom. The Bertz CT molecular complexity index is 1880. The Balaban J connectivity index is 0.000000573. The van der Waals surface area contributed by atoms with E-state index in [1.807, 2.05) is 6.07 Å². The van der Waals surface area contributed by atoms with Crippen molar-refractivity contribution in [2.24, 2.45) is 0 Å². The summed E-state index contributed by atoms with van der Waals surface area (Å²) in [6, 6.07) is 23.8. The third-order valence-corrected chi connectivity index (χ3v) is 10.9. The van der Waals surface area contributed by atoms with Gasteiger partial charge in [-0.15, -0.1) is 0 Å². The number of para-hydroxylation sites is 1. The number of carbonyl (C=O) groups is 2. The van der Waals surface area contributed by atoms with Crippen LogP contribution in [0.5, 0.6) is 5.75 Å². The number of aliphatic hydroxyl groups is 1. The zero-order chi connectivity index (χ0) is 37.1. The van der Waals surface area contributed by atoms with Crippen molar-refractivity contribution in [2.75, 3.05) is 30.3 Å². The van der Waals surface area contributed by atoms with Gasteiger partial charge in [0, 0.05) is 41.5 Å². The van der Waals surface area contributed by atoms with Gasteiger partial charge in [-0.3, -0.25) is 9.59 Å². The van der Waals surface area contributed by atoms with E-state index >= 15 is 0 Å². The van der Waals surface area contributed by atoms with E-state index in [1.165, 1.54) is 61.3 Å². The minimum absolute atomic E-state index is 0.0354. The van der Waals surface area contributed by atoms with Crippen molar-refractivity contribution in [3.8, 4) is 28.0 Å². The van der Waals surface area contributed by atoms with E-state index in [9.17, 15) is 4.79 Å². The first kappa shape index (κ1) is 38.0. The second kappa shape index (κ2) is 15.5. The van der Waals surface area contributed by atoms with Crippen LogP contribution in [0.3, 0.4) is 0 Å². The summed E-state index contributed by atoms with van der Waals surface area (Å²) in [4.78, 5) is 24.3. The SMILES string of the molecule is CC(C)(C)O.CCc1c(C)c2c(c(C)c1-c1ccc(C)cc1)-c1ccc(C(=O)N3CCC4(CC3)COc3ccccc34)cc1CN2SC.O=CO. The highest BCUT2D eigenvalue weighted by molar-refractivity contribution is 7.99. The summed E-state index contributed by atoms with van der Waals surface area (Å²) in [7, 11) is 0. The number of amides is 1. The first-order valence-electron chi connectivity index (χ1n) is 17.8. The first-order valence-corrected chi connectivity index (χ1v) is 18.9. The van der Waals surface area contributed by atoms with Gasteiger partial charge in [-0.25, -0.2) is 0 Å². The van der Waals surface area contributed by atoms with E-state index in [4.69, 9.17) is 19.7 Å². The number of nitrogens with zero attached hydrogens (tertiary/aromatic N) is 2. The molecule has 1 fully saturated rings. The van der Waals surface area contributed by atoms with Gasteiger partial charge in [-0.2, -0.15) is 0 Å². The van der Waals surface area contributed by atoms with Crippen LogP contribution in [0.1, 0.15) is 84.3 Å². The van der Waals surface area contributed by atoms with Gasteiger partial charge in [-0.05, 0) is 118 Å². The maximum atomic E-state index is 13.9. The van der Waals surface area contributed by atoms with Gasteiger partial charge < -0.3 is 24.2 Å². The maximum absolute atomic E-state index is 13.9. The highest BCUT2D eigenvalue weighted by Gasteiger charge is 2.43. The first-order chi connectivity index (χ1) is 24.3. The molecule has 270 valence electrons. The van der Waals surface area contributed by atoms with Crippen LogP contribution in [0.2, 0.25) is 0 Å². The number of rotatable bonds is 4. The number of carbonyl (C=O) groups excluding carboxylic acids is 1. The smallest absolute Gasteiger partial charge is 0.290 e. The Morgan fingerprint density at radius 3 is 2.20 bits per heavy atom. The standard InChI is InChI=1S/C38H40N2O2S.C4H10O.CH2O2/c1-6-30-25(3)36-35(26(4)34(30)27-13-11-24(2)12-14-27)31-16-15-28(21-29(31)22-40(36)43-5)37(41)39-19-17-38(18-20-39)23-42-33-10-8-7-9-32(33)38;1-4(2,3)5;2-1-3/h7-16,21H,6,17-20,22-23H2,1-5H3;5H,1-3H3;1H,(H,2,3). The zero-order valence-electron chi connectivity index (χ0n) is 31.3. The number of hydrogen-bond acceptors (Lipinski definition) is 6. The van der Waals surface area contributed by atoms with Crippen LogP contribution in [0, 0.1) is 20.8 Å². The van der Waals surface area contributed by atoms with Crippen LogP contribution in [-0.2, 0) is 23.2 Å². The predicted octanol–water partition coefficient (Wildman–Crippen LogP) is 9.15. The van der Waals surface area contributed by atoms with Crippen molar-refractivity contribution in [2.45, 2.75) is 85.3 Å². The zero-order valence-corrected chi connectivity index (χ0v) is 32.1. The molecule has 0 aliphatic carbocycles. The Hall–Kier alpha value is -4.27. The number of likely N-dealkylation sites (tertiary alicyclic amines) is 1. The van der Waals surface area contributed by atoms with E-state index in [1.54, 1.807) is 32.7 Å². The number of fused-ring (bicyclic) bond motifs is 5. The lowest BCUT2D eigenvalue weighted by Crippen LogP contribution is -2.46. The van der Waals surface area contributed by atoms with E-state index in [0.717, 1.165) is 56.8 Å². The van der Waals surface area contributed by atoms with Crippen molar-refractivity contribution in [1.82, 2.24) is 4.90 Å². The molecular formula is C43H52N2O5S. The molecule has 8 heteroatoms. The quantitative estimate of drug-likeness (QED) is 0.161. The van der Waals surface area contributed by atoms with Gasteiger partial charge in [0.2, 0.25) is 0 Å². The van der Waals surface area contributed by atoms with Crippen LogP contribution in [0.25, 0.3) is 22.3 Å². The predicted molar refractivity (Wildman–Crippen MR) is 210 cm³/mol. The summed E-state index contributed by atoms with van der Waals surface area (Å²) in [6.07, 6.45) is 5.02. The molecule has 1 saturated heterocycles. The molecule has 0 radical (unpaired) electrons. The van der Waals surface area contributed by atoms with Crippen molar-refractivity contribution in [1.29, 1.82) is 0 Å². The molecule has 7 nitrogen and oxygen atoms in total. The fraction of sp³-hybridized carbons (Fsp3) is 0.395. The topological polar surface area (TPSA) is 90.3 Å². The number of anilines is 1. The summed E-state index contributed by atoms with van der Waals surface area (Å²) in [5, 5.41) is 15.4. The minimum atomic E-state index is -0.500. The third kappa shape index (κ3) is 7.82. The van der Waals surface area contributed by atoms with Crippen LogP contribution in [0.15, 0.2) is 66.7 Å². The molecule has 51 heavy (non-hydrogen) atoms. The van der Waals surface area contributed by atoms with Crippen LogP contribution in [0.4, 0.5) is 5.69 Å². The van der Waals surface area contributed by atoms with Crippen LogP contribution in [-0.4, -0.2) is 59.0 Å². The van der Waals surface area contributed by atoms with Gasteiger partial charge >= 0.3 is 0 Å². The summed E-state index contributed by atoms with van der Waals surface area (Å²) >= 11 is 1.77. The van der Waals surface area contributed by atoms with E-state index in [-0.39, 0.29) is 17.8 Å². The monoisotopic (exact) mass is 708 g/mol. The molecule has 4 aromatic rings. The molecule has 0 unspecified atom stereocenters. The normalized spacial score (nSPS) is 15.3. The highest BCUT2D eigenvalue weighted by atomic mass is 32.2. The van der Waals surface area contributed by atoms with Gasteiger partial charge in [0.1, 0.15) is 5.75 Å². The van der Waals surface area contributed by atoms with E-state index in [0.29, 0.717) is 0 Å². The second-order valence-electron chi connectivity index (χ2n) is 14.8. The number of benzene rings is 4. The van der Waals surface area contributed by atoms with Gasteiger partial charge in [0.15, 0.2) is 0 Å². The molecule has 2 N–H and O–H groups in total. The van der Waals surface area contributed by atoms with Crippen LogP contribution >= 0.6 is 11.9 Å². The molecule has 0 saturated carbocycles. The molecular weight excluding hydrogens is 657 g/mol. The largest absolute Gasteiger partial charge is 0.492 e. The molecule has 4 aromatic carbocycles. The lowest BCUT2D eigenvalue weighted by molar-refractivity contribution is -0.122. The van der Waals surface area contributed by atoms with Gasteiger partial charge in [-0.1, -0.05) is 73.0 Å². The number of piperidine rings is 1. The summed E-state index contributed by atoms with van der Waals surface area (Å²) in [6.45, 7) is 17.0. The van der Waals surface area contributed by atoms with Gasteiger partial charge in [0.05, 0.1) is 24.4 Å². The fourth-order valence-corrected chi connectivity index (χ4v) is 8.47. The van der Waals surface area contributed by atoms with Crippen molar-refractivity contribution < 1.29 is 24.5 Å². The maximum Gasteiger partial charge on any atom is 0.290 e. The number of aryl methyl sites for hydroxylation is 1. The molecule has 3 aliphatic rings. The lowest BCUT2D eigenvalue weighted by atomic mass is 9.74. The molecule has 0 atom stereocenters. The Kier molecular flexibility index (Phi) is 11.6. The van der Waals surface area contributed by atoms with Crippen LogP contribution < -0.4 is 9.04 Å². The highest BCUT2D eigenvalue weighted by Crippen LogP contribution is 2.51. The van der Waals surface area contributed by atoms with E-state index in [2.05, 4.69) is 104 Å². The molecule has 7 rings (SSSR count). The van der Waals surface area contributed by atoms with E-state index < -0.39 is 5.60 Å². The second-order valence-corrected chi connectivity index (χ2v) is 15.6. The number of hydrogen-bond donors (Lipinski definition) is 2. The lowest BCUT2D eigenvalue weighted by Gasteiger charge is -2.39. The van der Waals surface area contributed by atoms with Crippen molar-refractivity contribution in [3.05, 3.63) is 106 Å². The fourth-order valence-electron chi connectivity index (χ4n) is 7.79. The Labute approximate surface area is 307 Å². The summed E-state index contributed by atoms with van der Waals surface area (Å²) in [5.74, 6) is 1.15. The number of ether oxygens (including phenoxy) is 1. The number of carboxylic acid groups (broad SMARTS) is 1. The summed E-state index contributed by atoms with van der Waals surface area (Å²) in [5.41, 5.74) is 14.8. The molecule has 0 aromatic heterocycles. The molecule has 3 heterocycles. The third-order valence-electron chi connectivity index (χ3n) is 10.2. The average molecular weight is 709 g/mol. The van der Waals surface area contributed by atoms with Gasteiger partial charge in [0.25, 0.3) is 12.4 Å². The summed E-state index contributed by atoms with van der Waals surface area (Å²) < 4.78 is 8.47. The average Bonchev–Trinajstić information content (AvgIpc) is 3.46. The van der Waals surface area contributed by atoms with Crippen molar-refractivity contribution >= 4 is 30.0 Å². The Morgan fingerprint density at radius 2 is 1.59 bits per heavy atom.